The molecule has 0 saturated carbocycles. The van der Waals surface area contributed by atoms with E-state index in [0.717, 1.165) is 30.8 Å². The lowest BCUT2D eigenvalue weighted by Gasteiger charge is -2.29. The van der Waals surface area contributed by atoms with Crippen LogP contribution in [0.2, 0.25) is 0 Å². The number of thiophene rings is 1. The van der Waals surface area contributed by atoms with Crippen LogP contribution < -0.4 is 4.74 Å². The molecule has 0 saturated heterocycles. The highest BCUT2D eigenvalue weighted by Crippen LogP contribution is 2.30. The number of nitrogens with zero attached hydrogens (tertiary/aromatic N) is 1. The number of carbonyl (C=O) groups excluding carboxylic acids is 1. The largest absolute Gasteiger partial charge is 0.480 e. The van der Waals surface area contributed by atoms with Crippen LogP contribution in [0.25, 0.3) is 0 Å². The second-order valence-electron chi connectivity index (χ2n) is 5.30. The zero-order chi connectivity index (χ0) is 13.5. The van der Waals surface area contributed by atoms with E-state index in [0.29, 0.717) is 6.42 Å². The minimum absolute atomic E-state index is 0.123. The fraction of sp³-hybridized carbons (Fsp3) is 0.312. The van der Waals surface area contributed by atoms with Gasteiger partial charge < -0.3 is 9.64 Å². The molecule has 1 aromatic carbocycles. The Bertz CT molecular complexity index is 635. The van der Waals surface area contributed by atoms with Crippen LogP contribution in [0.3, 0.4) is 0 Å². The highest BCUT2D eigenvalue weighted by atomic mass is 32.1. The lowest BCUT2D eigenvalue weighted by Crippen LogP contribution is -2.43. The number of rotatable bonds is 1. The maximum Gasteiger partial charge on any atom is 0.264 e. The average molecular weight is 285 g/mol. The fourth-order valence-electron chi connectivity index (χ4n) is 2.96. The number of amides is 1. The standard InChI is InChI=1S/C16H15NO2S/c18-16(14-9-11-3-1-2-4-13(11)19-14)17-7-5-15-12(10-17)6-8-20-15/h1-4,6,8,14H,5,7,9-10H2. The summed E-state index contributed by atoms with van der Waals surface area (Å²) in [4.78, 5) is 16.0. The van der Waals surface area contributed by atoms with E-state index in [9.17, 15) is 4.79 Å². The van der Waals surface area contributed by atoms with Gasteiger partial charge in [-0.2, -0.15) is 0 Å². The summed E-state index contributed by atoms with van der Waals surface area (Å²) >= 11 is 1.79. The van der Waals surface area contributed by atoms with Gasteiger partial charge in [-0.25, -0.2) is 0 Å². The summed E-state index contributed by atoms with van der Waals surface area (Å²) in [6.45, 7) is 1.54. The molecule has 102 valence electrons. The Morgan fingerprint density at radius 3 is 3.05 bits per heavy atom. The first-order valence-corrected chi connectivity index (χ1v) is 7.78. The third-order valence-corrected chi connectivity index (χ3v) is 5.06. The van der Waals surface area contributed by atoms with E-state index in [1.54, 1.807) is 11.3 Å². The predicted molar refractivity (Wildman–Crippen MR) is 78.0 cm³/mol. The molecule has 2 aliphatic rings. The maximum absolute atomic E-state index is 12.6. The molecular weight excluding hydrogens is 270 g/mol. The van der Waals surface area contributed by atoms with Crippen molar-refractivity contribution in [3.05, 3.63) is 51.7 Å². The van der Waals surface area contributed by atoms with Crippen molar-refractivity contribution >= 4 is 17.2 Å². The summed E-state index contributed by atoms with van der Waals surface area (Å²) in [6, 6.07) is 10.0. The van der Waals surface area contributed by atoms with Gasteiger partial charge >= 0.3 is 0 Å². The summed E-state index contributed by atoms with van der Waals surface area (Å²) in [5.74, 6) is 0.983. The van der Waals surface area contributed by atoms with E-state index in [4.69, 9.17) is 4.74 Å². The predicted octanol–water partition coefficient (Wildman–Crippen LogP) is 2.64. The molecule has 3 nitrogen and oxygen atoms in total. The number of para-hydroxylation sites is 1. The van der Waals surface area contributed by atoms with Gasteiger partial charge in [-0.05, 0) is 35.1 Å². The van der Waals surface area contributed by atoms with E-state index in [1.807, 2.05) is 29.2 Å². The molecule has 4 heteroatoms. The topological polar surface area (TPSA) is 29.5 Å². The molecular formula is C16H15NO2S. The molecule has 3 heterocycles. The Morgan fingerprint density at radius 2 is 2.15 bits per heavy atom. The number of ether oxygens (including phenoxy) is 1. The minimum Gasteiger partial charge on any atom is -0.480 e. The molecule has 1 unspecified atom stereocenters. The van der Waals surface area contributed by atoms with Crippen LogP contribution in [0.15, 0.2) is 35.7 Å². The number of hydrogen-bond donors (Lipinski definition) is 0. The first kappa shape index (κ1) is 12.0. The van der Waals surface area contributed by atoms with Crippen molar-refractivity contribution in [2.75, 3.05) is 6.54 Å². The Balaban J connectivity index is 1.50. The number of fused-ring (bicyclic) bond motifs is 2. The van der Waals surface area contributed by atoms with Crippen molar-refractivity contribution in [2.45, 2.75) is 25.5 Å². The molecule has 0 fully saturated rings. The zero-order valence-electron chi connectivity index (χ0n) is 11.0. The summed E-state index contributed by atoms with van der Waals surface area (Å²) < 4.78 is 5.80. The lowest BCUT2D eigenvalue weighted by molar-refractivity contribution is -0.138. The van der Waals surface area contributed by atoms with Crippen molar-refractivity contribution in [3.63, 3.8) is 0 Å². The number of carbonyl (C=O) groups is 1. The van der Waals surface area contributed by atoms with Crippen molar-refractivity contribution in [2.24, 2.45) is 0 Å². The Morgan fingerprint density at radius 1 is 1.25 bits per heavy atom. The van der Waals surface area contributed by atoms with E-state index in [2.05, 4.69) is 11.4 Å². The highest BCUT2D eigenvalue weighted by Gasteiger charge is 2.33. The molecule has 0 bridgehead atoms. The molecule has 1 aromatic heterocycles. The van der Waals surface area contributed by atoms with Gasteiger partial charge in [0.15, 0.2) is 6.10 Å². The Hall–Kier alpha value is -1.81. The summed E-state index contributed by atoms with van der Waals surface area (Å²) in [5, 5.41) is 2.11. The van der Waals surface area contributed by atoms with Crippen LogP contribution in [0.1, 0.15) is 16.0 Å². The first-order valence-electron chi connectivity index (χ1n) is 6.90. The van der Waals surface area contributed by atoms with Crippen molar-refractivity contribution < 1.29 is 9.53 Å². The third-order valence-electron chi connectivity index (χ3n) is 4.04. The van der Waals surface area contributed by atoms with Crippen LogP contribution in [0.5, 0.6) is 5.75 Å². The van der Waals surface area contributed by atoms with Gasteiger partial charge in [0, 0.05) is 24.4 Å². The van der Waals surface area contributed by atoms with E-state index >= 15 is 0 Å². The van der Waals surface area contributed by atoms with Gasteiger partial charge in [-0.1, -0.05) is 18.2 Å². The number of benzene rings is 1. The lowest BCUT2D eigenvalue weighted by atomic mass is 10.1. The molecule has 0 aliphatic carbocycles. The summed E-state index contributed by atoms with van der Waals surface area (Å²) in [5.41, 5.74) is 2.43. The van der Waals surface area contributed by atoms with Crippen LogP contribution >= 0.6 is 11.3 Å². The highest BCUT2D eigenvalue weighted by molar-refractivity contribution is 7.10. The molecule has 1 atom stereocenters. The number of hydrogen-bond acceptors (Lipinski definition) is 3. The molecule has 1 amide bonds. The monoisotopic (exact) mass is 285 g/mol. The molecule has 2 aliphatic heterocycles. The molecule has 0 N–H and O–H groups in total. The van der Waals surface area contributed by atoms with Gasteiger partial charge in [0.05, 0.1) is 0 Å². The molecule has 0 spiro atoms. The summed E-state index contributed by atoms with van der Waals surface area (Å²) in [6.07, 6.45) is 1.33. The quantitative estimate of drug-likeness (QED) is 0.806. The molecule has 20 heavy (non-hydrogen) atoms. The van der Waals surface area contributed by atoms with Crippen LogP contribution in [-0.4, -0.2) is 23.5 Å². The van der Waals surface area contributed by atoms with E-state index in [1.165, 1.54) is 10.4 Å². The summed E-state index contributed by atoms with van der Waals surface area (Å²) in [7, 11) is 0. The van der Waals surface area contributed by atoms with Crippen molar-refractivity contribution in [3.8, 4) is 5.75 Å². The smallest absolute Gasteiger partial charge is 0.264 e. The van der Waals surface area contributed by atoms with Crippen molar-refractivity contribution in [1.82, 2.24) is 4.90 Å². The van der Waals surface area contributed by atoms with Crippen LogP contribution in [-0.2, 0) is 24.2 Å². The molecule has 4 rings (SSSR count). The van der Waals surface area contributed by atoms with Gasteiger partial charge in [-0.3, -0.25) is 4.79 Å². The first-order chi connectivity index (χ1) is 9.81. The van der Waals surface area contributed by atoms with Gasteiger partial charge in [-0.15, -0.1) is 11.3 Å². The molecule has 2 aromatic rings. The second-order valence-corrected chi connectivity index (χ2v) is 6.30. The SMILES string of the molecule is O=C(C1Cc2ccccc2O1)N1CCc2sccc2C1. The Labute approximate surface area is 121 Å². The van der Waals surface area contributed by atoms with E-state index in [-0.39, 0.29) is 12.0 Å². The van der Waals surface area contributed by atoms with Crippen molar-refractivity contribution in [1.29, 1.82) is 0 Å². The fourth-order valence-corrected chi connectivity index (χ4v) is 3.85. The third kappa shape index (κ3) is 1.91. The van der Waals surface area contributed by atoms with Crippen LogP contribution in [0, 0.1) is 0 Å². The zero-order valence-corrected chi connectivity index (χ0v) is 11.9. The second kappa shape index (κ2) is 4.63. The molecule has 0 radical (unpaired) electrons. The van der Waals surface area contributed by atoms with Gasteiger partial charge in [0.25, 0.3) is 5.91 Å². The average Bonchev–Trinajstić information content (AvgIpc) is 3.11. The van der Waals surface area contributed by atoms with Gasteiger partial charge in [0.1, 0.15) is 5.75 Å². The van der Waals surface area contributed by atoms with Crippen LogP contribution in [0.4, 0.5) is 0 Å². The Kier molecular flexibility index (Phi) is 2.77. The minimum atomic E-state index is -0.340. The van der Waals surface area contributed by atoms with Gasteiger partial charge in [0.2, 0.25) is 0 Å². The van der Waals surface area contributed by atoms with E-state index < -0.39 is 0 Å². The normalized spacial score (nSPS) is 20.2. The maximum atomic E-state index is 12.6.